The summed E-state index contributed by atoms with van der Waals surface area (Å²) in [5.74, 6) is 1.29. The Balaban J connectivity index is 1.90. The van der Waals surface area contributed by atoms with Crippen molar-refractivity contribution in [3.8, 4) is 5.69 Å². The van der Waals surface area contributed by atoms with Crippen LogP contribution < -0.4 is 4.90 Å². The van der Waals surface area contributed by atoms with Crippen molar-refractivity contribution in [3.05, 3.63) is 43.0 Å². The molecule has 0 bridgehead atoms. The van der Waals surface area contributed by atoms with E-state index in [1.54, 1.807) is 12.5 Å². The lowest BCUT2D eigenvalue weighted by Crippen LogP contribution is -2.24. The molecule has 1 aromatic heterocycles. The average molecular weight is 273 g/mol. The quantitative estimate of drug-likeness (QED) is 0.870. The fraction of sp³-hybridized carbons (Fsp3) is 0.286. The van der Waals surface area contributed by atoms with Crippen molar-refractivity contribution in [2.75, 3.05) is 17.2 Å². The maximum atomic E-state index is 12.0. The molecule has 98 valence electrons. The predicted molar refractivity (Wildman–Crippen MR) is 77.9 cm³/mol. The molecule has 1 saturated heterocycles. The lowest BCUT2D eigenvalue weighted by Gasteiger charge is -2.17. The standard InChI is InChI=1S/C14H15N3OS/c18-14-6-11(9-19)8-17(14)13-3-1-2-12(7-13)16-5-4-15-10-16/h1-5,7,10-11,19H,6,8-9H2. The zero-order chi connectivity index (χ0) is 13.2. The van der Waals surface area contributed by atoms with E-state index < -0.39 is 0 Å². The Hall–Kier alpha value is -1.75. The number of aromatic nitrogens is 2. The average Bonchev–Trinajstić information content (AvgIpc) is 3.08. The van der Waals surface area contributed by atoms with Crippen molar-refractivity contribution in [2.45, 2.75) is 6.42 Å². The van der Waals surface area contributed by atoms with E-state index in [2.05, 4.69) is 17.6 Å². The van der Waals surface area contributed by atoms with Crippen molar-refractivity contribution in [2.24, 2.45) is 5.92 Å². The van der Waals surface area contributed by atoms with Gasteiger partial charge in [0.1, 0.15) is 0 Å². The molecule has 0 aliphatic carbocycles. The smallest absolute Gasteiger partial charge is 0.227 e. The van der Waals surface area contributed by atoms with Crippen LogP contribution in [-0.2, 0) is 4.79 Å². The number of hydrogen-bond acceptors (Lipinski definition) is 3. The molecule has 4 nitrogen and oxygen atoms in total. The van der Waals surface area contributed by atoms with Gasteiger partial charge in [0.05, 0.1) is 6.33 Å². The predicted octanol–water partition coefficient (Wildman–Crippen LogP) is 2.16. The molecular formula is C14H15N3OS. The lowest BCUT2D eigenvalue weighted by atomic mass is 10.1. The number of rotatable bonds is 3. The summed E-state index contributed by atoms with van der Waals surface area (Å²) in [7, 11) is 0. The van der Waals surface area contributed by atoms with Crippen LogP contribution in [-0.4, -0.2) is 27.8 Å². The van der Waals surface area contributed by atoms with Gasteiger partial charge in [-0.2, -0.15) is 12.6 Å². The lowest BCUT2D eigenvalue weighted by molar-refractivity contribution is -0.117. The molecule has 1 aliphatic rings. The van der Waals surface area contributed by atoms with E-state index in [0.717, 1.165) is 23.7 Å². The molecule has 1 aliphatic heterocycles. The third-order valence-corrected chi connectivity index (χ3v) is 3.92. The SMILES string of the molecule is O=C1CC(CS)CN1c1cccc(-n2ccnc2)c1. The van der Waals surface area contributed by atoms with E-state index in [1.807, 2.05) is 39.9 Å². The summed E-state index contributed by atoms with van der Waals surface area (Å²) in [6.45, 7) is 0.760. The molecule has 2 aromatic rings. The molecule has 1 aromatic carbocycles. The molecular weight excluding hydrogens is 258 g/mol. The highest BCUT2D eigenvalue weighted by Crippen LogP contribution is 2.27. The third-order valence-electron chi connectivity index (χ3n) is 3.41. The van der Waals surface area contributed by atoms with Crippen molar-refractivity contribution in [3.63, 3.8) is 0 Å². The first-order valence-electron chi connectivity index (χ1n) is 6.27. The van der Waals surface area contributed by atoms with Gasteiger partial charge in [-0.3, -0.25) is 4.79 Å². The minimum Gasteiger partial charge on any atom is -0.312 e. The summed E-state index contributed by atoms with van der Waals surface area (Å²) >= 11 is 4.29. The normalized spacial score (nSPS) is 19.1. The first kappa shape index (κ1) is 12.3. The van der Waals surface area contributed by atoms with Crippen molar-refractivity contribution >= 4 is 24.2 Å². The van der Waals surface area contributed by atoms with Crippen LogP contribution >= 0.6 is 12.6 Å². The number of carbonyl (C=O) groups excluding carboxylic acids is 1. The van der Waals surface area contributed by atoms with Crippen LogP contribution in [0.1, 0.15) is 6.42 Å². The summed E-state index contributed by atoms with van der Waals surface area (Å²) < 4.78 is 1.93. The zero-order valence-corrected chi connectivity index (χ0v) is 11.3. The zero-order valence-electron chi connectivity index (χ0n) is 10.4. The summed E-state index contributed by atoms with van der Waals surface area (Å²) in [6.07, 6.45) is 5.98. The topological polar surface area (TPSA) is 38.1 Å². The summed E-state index contributed by atoms with van der Waals surface area (Å²) in [6, 6.07) is 7.95. The largest absolute Gasteiger partial charge is 0.312 e. The van der Waals surface area contributed by atoms with Crippen LogP contribution in [0.4, 0.5) is 5.69 Å². The number of amides is 1. The second kappa shape index (κ2) is 5.09. The maximum absolute atomic E-state index is 12.0. The van der Waals surface area contributed by atoms with Gasteiger partial charge in [-0.1, -0.05) is 6.07 Å². The van der Waals surface area contributed by atoms with Gasteiger partial charge in [-0.05, 0) is 29.9 Å². The molecule has 1 atom stereocenters. The van der Waals surface area contributed by atoms with Crippen molar-refractivity contribution in [1.82, 2.24) is 9.55 Å². The third kappa shape index (κ3) is 2.38. The highest BCUT2D eigenvalue weighted by Gasteiger charge is 2.29. The van der Waals surface area contributed by atoms with Gasteiger partial charge in [0.15, 0.2) is 0 Å². The van der Waals surface area contributed by atoms with E-state index in [4.69, 9.17) is 0 Å². The Labute approximate surface area is 117 Å². The Morgan fingerprint density at radius 3 is 2.89 bits per heavy atom. The minimum atomic E-state index is 0.182. The first-order valence-corrected chi connectivity index (χ1v) is 6.91. The number of carbonyl (C=O) groups is 1. The second-order valence-corrected chi connectivity index (χ2v) is 5.11. The molecule has 0 radical (unpaired) electrons. The molecule has 5 heteroatoms. The molecule has 19 heavy (non-hydrogen) atoms. The highest BCUT2D eigenvalue weighted by atomic mass is 32.1. The van der Waals surface area contributed by atoms with E-state index in [0.29, 0.717) is 12.3 Å². The number of hydrogen-bond donors (Lipinski definition) is 1. The Kier molecular flexibility index (Phi) is 3.29. The second-order valence-electron chi connectivity index (χ2n) is 4.75. The van der Waals surface area contributed by atoms with Gasteiger partial charge in [0, 0.05) is 36.7 Å². The van der Waals surface area contributed by atoms with Crippen molar-refractivity contribution in [1.29, 1.82) is 0 Å². The molecule has 2 heterocycles. The van der Waals surface area contributed by atoms with Crippen LogP contribution in [0.2, 0.25) is 0 Å². The Morgan fingerprint density at radius 2 is 2.21 bits per heavy atom. The number of benzene rings is 1. The van der Waals surface area contributed by atoms with Gasteiger partial charge in [-0.15, -0.1) is 0 Å². The Morgan fingerprint density at radius 1 is 1.37 bits per heavy atom. The molecule has 1 amide bonds. The van der Waals surface area contributed by atoms with Crippen LogP contribution in [0.15, 0.2) is 43.0 Å². The Bertz CT molecular complexity index is 582. The van der Waals surface area contributed by atoms with Crippen LogP contribution in [0.3, 0.4) is 0 Å². The van der Waals surface area contributed by atoms with E-state index in [1.165, 1.54) is 0 Å². The molecule has 3 rings (SSSR count). The van der Waals surface area contributed by atoms with Crippen LogP contribution in [0.25, 0.3) is 5.69 Å². The molecule has 0 N–H and O–H groups in total. The van der Waals surface area contributed by atoms with Crippen LogP contribution in [0, 0.1) is 5.92 Å². The first-order chi connectivity index (χ1) is 9.28. The van der Waals surface area contributed by atoms with Gasteiger partial charge in [0.2, 0.25) is 5.91 Å². The van der Waals surface area contributed by atoms with E-state index in [-0.39, 0.29) is 5.91 Å². The number of imidazole rings is 1. The summed E-state index contributed by atoms with van der Waals surface area (Å²) in [5.41, 5.74) is 1.96. The van der Waals surface area contributed by atoms with Gasteiger partial charge >= 0.3 is 0 Å². The molecule has 0 spiro atoms. The molecule has 1 unspecified atom stereocenters. The van der Waals surface area contributed by atoms with E-state index in [9.17, 15) is 4.79 Å². The van der Waals surface area contributed by atoms with Gasteiger partial charge < -0.3 is 9.47 Å². The monoisotopic (exact) mass is 273 g/mol. The van der Waals surface area contributed by atoms with Gasteiger partial charge in [-0.25, -0.2) is 4.98 Å². The van der Waals surface area contributed by atoms with E-state index >= 15 is 0 Å². The number of anilines is 1. The van der Waals surface area contributed by atoms with Crippen LogP contribution in [0.5, 0.6) is 0 Å². The number of thiol groups is 1. The summed E-state index contributed by atoms with van der Waals surface area (Å²) in [5, 5.41) is 0. The fourth-order valence-electron chi connectivity index (χ4n) is 2.39. The molecule has 1 fully saturated rings. The maximum Gasteiger partial charge on any atom is 0.227 e. The fourth-order valence-corrected chi connectivity index (χ4v) is 2.63. The number of nitrogens with zero attached hydrogens (tertiary/aromatic N) is 3. The minimum absolute atomic E-state index is 0.182. The summed E-state index contributed by atoms with van der Waals surface area (Å²) in [4.78, 5) is 17.9. The molecule has 0 saturated carbocycles. The van der Waals surface area contributed by atoms with Gasteiger partial charge in [0.25, 0.3) is 0 Å². The highest BCUT2D eigenvalue weighted by molar-refractivity contribution is 7.80. The van der Waals surface area contributed by atoms with Crippen molar-refractivity contribution < 1.29 is 4.79 Å².